The highest BCUT2D eigenvalue weighted by Gasteiger charge is 2.32. The number of hydrogen-bond donors (Lipinski definition) is 0. The molecule has 0 bridgehead atoms. The van der Waals surface area contributed by atoms with Gasteiger partial charge in [-0.25, -0.2) is 15.0 Å². The lowest BCUT2D eigenvalue weighted by atomic mass is 9.96. The number of anilines is 1. The molecule has 0 aliphatic carbocycles. The Morgan fingerprint density at radius 3 is 2.87 bits per heavy atom. The maximum atomic E-state index is 13.9. The highest BCUT2D eigenvalue weighted by Crippen LogP contribution is 2.30. The van der Waals surface area contributed by atoms with Crippen LogP contribution in [0, 0.1) is 5.92 Å². The number of rotatable bonds is 8. The summed E-state index contributed by atoms with van der Waals surface area (Å²) in [6.07, 6.45) is 10.7. The van der Waals surface area contributed by atoms with E-state index in [1.54, 1.807) is 12.6 Å². The summed E-state index contributed by atoms with van der Waals surface area (Å²) in [5, 5.41) is 0. The van der Waals surface area contributed by atoms with Gasteiger partial charge in [-0.1, -0.05) is 6.42 Å². The van der Waals surface area contributed by atoms with Crippen molar-refractivity contribution >= 4 is 22.9 Å². The molecule has 10 nitrogen and oxygen atoms in total. The van der Waals surface area contributed by atoms with Gasteiger partial charge in [0.1, 0.15) is 17.9 Å². The number of aryl methyl sites for hydroxylation is 2. The van der Waals surface area contributed by atoms with Gasteiger partial charge in [0.25, 0.3) is 0 Å². The summed E-state index contributed by atoms with van der Waals surface area (Å²) < 4.78 is 13.4. The van der Waals surface area contributed by atoms with Crippen LogP contribution in [0.15, 0.2) is 29.1 Å². The van der Waals surface area contributed by atoms with Crippen LogP contribution in [0.3, 0.4) is 0 Å². The van der Waals surface area contributed by atoms with Crippen molar-refractivity contribution in [3.8, 4) is 0 Å². The second-order valence-electron chi connectivity index (χ2n) is 10.8. The van der Waals surface area contributed by atoms with Crippen molar-refractivity contribution in [2.24, 2.45) is 5.92 Å². The fraction of sp³-hybridized carbons (Fsp3) is 0.643. The van der Waals surface area contributed by atoms with E-state index in [0.29, 0.717) is 13.1 Å². The van der Waals surface area contributed by atoms with Crippen LogP contribution in [0.4, 0.5) is 5.82 Å². The number of amides is 1. The van der Waals surface area contributed by atoms with Crippen molar-refractivity contribution in [1.29, 1.82) is 0 Å². The molecule has 3 aromatic rings. The van der Waals surface area contributed by atoms with Crippen LogP contribution in [0.5, 0.6) is 0 Å². The number of furan rings is 1. The molecule has 0 saturated carbocycles. The Bertz CT molecular complexity index is 1200. The zero-order chi connectivity index (χ0) is 25.7. The molecule has 38 heavy (non-hydrogen) atoms. The van der Waals surface area contributed by atoms with Gasteiger partial charge in [-0.3, -0.25) is 9.69 Å². The van der Waals surface area contributed by atoms with E-state index in [2.05, 4.69) is 24.3 Å². The molecule has 6 heterocycles. The minimum Gasteiger partial charge on any atom is -0.467 e. The van der Waals surface area contributed by atoms with Crippen molar-refractivity contribution in [2.45, 2.75) is 58.0 Å². The van der Waals surface area contributed by atoms with Gasteiger partial charge in [-0.15, -0.1) is 0 Å². The molecule has 3 aromatic heterocycles. The lowest BCUT2D eigenvalue weighted by molar-refractivity contribution is -0.136. The van der Waals surface area contributed by atoms with E-state index in [4.69, 9.17) is 14.1 Å². The van der Waals surface area contributed by atoms with Gasteiger partial charge in [0.2, 0.25) is 5.91 Å². The fourth-order valence-corrected chi connectivity index (χ4v) is 6.15. The third-order valence-corrected chi connectivity index (χ3v) is 8.19. The predicted octanol–water partition coefficient (Wildman–Crippen LogP) is 3.11. The van der Waals surface area contributed by atoms with Crippen LogP contribution in [0.25, 0.3) is 11.2 Å². The topological polar surface area (TPSA) is 92.8 Å². The molecule has 10 heteroatoms. The van der Waals surface area contributed by atoms with Crippen LogP contribution in [-0.2, 0) is 29.0 Å². The molecule has 0 unspecified atom stereocenters. The molecule has 2 fully saturated rings. The standard InChI is InChI=1S/C28H39N7O3/c36-28(34(20-23-8-5-16-38-23)12-6-10-32-14-17-37-18-15-32)22-7-4-11-33(19-22)26-25-27(30-21-29-26)35-13-3-1-2-9-24(35)31-25/h5,8,16,21-22H,1-4,6-7,9-15,17-20H2/t22-/m1/s1. The number of aromatic nitrogens is 4. The van der Waals surface area contributed by atoms with Gasteiger partial charge in [0.15, 0.2) is 17.0 Å². The Hall–Kier alpha value is -2.98. The molecule has 3 aliphatic rings. The van der Waals surface area contributed by atoms with Crippen LogP contribution >= 0.6 is 0 Å². The van der Waals surface area contributed by atoms with E-state index in [9.17, 15) is 4.79 Å². The summed E-state index contributed by atoms with van der Waals surface area (Å²) in [4.78, 5) is 34.9. The monoisotopic (exact) mass is 521 g/mol. The van der Waals surface area contributed by atoms with Crippen molar-refractivity contribution in [3.63, 3.8) is 0 Å². The molecule has 1 atom stereocenters. The molecule has 2 saturated heterocycles. The molecule has 0 aromatic carbocycles. The normalized spacial score (nSPS) is 20.8. The number of fused-ring (bicyclic) bond motifs is 3. The highest BCUT2D eigenvalue weighted by molar-refractivity contribution is 5.85. The average Bonchev–Trinajstić information content (AvgIpc) is 3.54. The first-order chi connectivity index (χ1) is 18.8. The summed E-state index contributed by atoms with van der Waals surface area (Å²) in [5.41, 5.74) is 1.82. The van der Waals surface area contributed by atoms with Gasteiger partial charge >= 0.3 is 0 Å². The van der Waals surface area contributed by atoms with Gasteiger partial charge in [-0.05, 0) is 44.2 Å². The van der Waals surface area contributed by atoms with Gasteiger partial charge in [0, 0.05) is 52.2 Å². The second-order valence-corrected chi connectivity index (χ2v) is 10.8. The first-order valence-corrected chi connectivity index (χ1v) is 14.3. The van der Waals surface area contributed by atoms with E-state index in [-0.39, 0.29) is 11.8 Å². The van der Waals surface area contributed by atoms with Crippen molar-refractivity contribution in [1.82, 2.24) is 29.3 Å². The molecule has 0 spiro atoms. The van der Waals surface area contributed by atoms with E-state index in [1.165, 1.54) is 12.8 Å². The number of carbonyl (C=O) groups is 1. The van der Waals surface area contributed by atoms with Crippen LogP contribution < -0.4 is 4.90 Å². The van der Waals surface area contributed by atoms with Gasteiger partial charge in [-0.2, -0.15) is 0 Å². The van der Waals surface area contributed by atoms with Crippen molar-refractivity contribution in [2.75, 3.05) is 57.4 Å². The minimum absolute atomic E-state index is 0.0763. The zero-order valence-corrected chi connectivity index (χ0v) is 22.3. The van der Waals surface area contributed by atoms with Crippen molar-refractivity contribution in [3.05, 3.63) is 36.3 Å². The second kappa shape index (κ2) is 11.8. The third kappa shape index (κ3) is 5.56. The molecule has 1 amide bonds. The van der Waals surface area contributed by atoms with Crippen molar-refractivity contribution < 1.29 is 13.9 Å². The molecule has 0 N–H and O–H groups in total. The number of carbonyl (C=O) groups excluding carboxylic acids is 1. The molecule has 0 radical (unpaired) electrons. The largest absolute Gasteiger partial charge is 0.467 e. The predicted molar refractivity (Wildman–Crippen MR) is 144 cm³/mol. The average molecular weight is 522 g/mol. The van der Waals surface area contributed by atoms with Gasteiger partial charge < -0.3 is 23.5 Å². The third-order valence-electron chi connectivity index (χ3n) is 8.19. The minimum atomic E-state index is -0.0763. The Morgan fingerprint density at radius 1 is 1.08 bits per heavy atom. The molecular formula is C28H39N7O3. The molecule has 6 rings (SSSR count). The maximum absolute atomic E-state index is 13.9. The number of hydrogen-bond acceptors (Lipinski definition) is 8. The summed E-state index contributed by atoms with van der Waals surface area (Å²) in [5.74, 6) is 2.95. The van der Waals surface area contributed by atoms with Crippen LogP contribution in [-0.4, -0.2) is 87.7 Å². The SMILES string of the molecule is O=C([C@@H]1CCCN(c2ncnc3c2nc2n3CCCCC2)C1)N(CCCN1CCOCC1)Cc1ccco1. The lowest BCUT2D eigenvalue weighted by Gasteiger charge is -2.35. The van der Waals surface area contributed by atoms with E-state index < -0.39 is 0 Å². The first kappa shape index (κ1) is 25.3. The summed E-state index contributed by atoms with van der Waals surface area (Å²) in [6.45, 7) is 8.24. The van der Waals surface area contributed by atoms with E-state index >= 15 is 0 Å². The Labute approximate surface area is 224 Å². The number of nitrogens with zero attached hydrogens (tertiary/aromatic N) is 7. The first-order valence-electron chi connectivity index (χ1n) is 14.3. The number of ether oxygens (including phenoxy) is 1. The molecule has 3 aliphatic heterocycles. The summed E-state index contributed by atoms with van der Waals surface area (Å²) >= 11 is 0. The smallest absolute Gasteiger partial charge is 0.227 e. The highest BCUT2D eigenvalue weighted by atomic mass is 16.5. The lowest BCUT2D eigenvalue weighted by Crippen LogP contribution is -2.46. The quantitative estimate of drug-likeness (QED) is 0.447. The molecular weight excluding hydrogens is 482 g/mol. The van der Waals surface area contributed by atoms with Crippen LogP contribution in [0.1, 0.15) is 50.1 Å². The molecule has 204 valence electrons. The number of piperidine rings is 1. The Balaban J connectivity index is 1.17. The summed E-state index contributed by atoms with van der Waals surface area (Å²) in [7, 11) is 0. The number of morpholine rings is 1. The zero-order valence-electron chi connectivity index (χ0n) is 22.3. The Kier molecular flexibility index (Phi) is 7.87. The maximum Gasteiger partial charge on any atom is 0.227 e. The van der Waals surface area contributed by atoms with Gasteiger partial charge in [0.05, 0.1) is 31.9 Å². The summed E-state index contributed by atoms with van der Waals surface area (Å²) in [6, 6.07) is 3.84. The van der Waals surface area contributed by atoms with E-state index in [0.717, 1.165) is 113 Å². The van der Waals surface area contributed by atoms with E-state index in [1.807, 2.05) is 17.0 Å². The fourth-order valence-electron chi connectivity index (χ4n) is 6.15. The Morgan fingerprint density at radius 2 is 2.00 bits per heavy atom. The number of imidazole rings is 1. The van der Waals surface area contributed by atoms with Crippen LogP contribution in [0.2, 0.25) is 0 Å².